The van der Waals surface area contributed by atoms with E-state index < -0.39 is 19.1 Å². The van der Waals surface area contributed by atoms with Gasteiger partial charge in [-0.2, -0.15) is 13.1 Å². The summed E-state index contributed by atoms with van der Waals surface area (Å²) in [7, 11) is 0.854. The number of anilines is 2. The maximum Gasteiger partial charge on any atom is 0.261 e. The Balaban J connectivity index is 0.000000171. The molecular formula is C40H43ClF2N8O6S4. The quantitative estimate of drug-likeness (QED) is 0.149. The second-order valence-corrected chi connectivity index (χ2v) is 19.5. The highest BCUT2D eigenvalue weighted by atomic mass is 35.7. The SMILES string of the molecule is COc1cccc(S(=O)(=O)Cl)c1.COc1cccc(S(=O)(=O)N2CCN(c3nc(Cc4ccc(F)cc4)ns3)CC2)c1.Fc1ccc(Cc2nsc(N3CCNCC3)n2)cc1. The van der Waals surface area contributed by atoms with E-state index in [4.69, 9.17) is 20.2 Å². The molecule has 21 heteroatoms. The van der Waals surface area contributed by atoms with Crippen LogP contribution in [0.3, 0.4) is 0 Å². The Bertz CT molecular complexity index is 2550. The second kappa shape index (κ2) is 21.3. The fraction of sp³-hybridized carbons (Fsp3) is 0.300. The highest BCUT2D eigenvalue weighted by Gasteiger charge is 2.30. The molecule has 4 heterocycles. The number of ether oxygens (including phenoxy) is 2. The lowest BCUT2D eigenvalue weighted by molar-refractivity contribution is 0.383. The molecule has 0 amide bonds. The van der Waals surface area contributed by atoms with Crippen molar-refractivity contribution in [2.45, 2.75) is 22.6 Å². The molecule has 2 fully saturated rings. The average molecular weight is 934 g/mol. The molecule has 0 unspecified atom stereocenters. The lowest BCUT2D eigenvalue weighted by Crippen LogP contribution is -2.48. The first kappa shape index (κ1) is 45.7. The lowest BCUT2D eigenvalue weighted by Gasteiger charge is -2.33. The number of aromatic nitrogens is 4. The summed E-state index contributed by atoms with van der Waals surface area (Å²) in [5.41, 5.74) is 1.97. The molecule has 14 nitrogen and oxygen atoms in total. The van der Waals surface area contributed by atoms with Crippen LogP contribution in [0.2, 0.25) is 0 Å². The molecule has 4 aromatic carbocycles. The van der Waals surface area contributed by atoms with Crippen molar-refractivity contribution < 1.29 is 35.1 Å². The number of hydrogen-bond donors (Lipinski definition) is 1. The summed E-state index contributed by atoms with van der Waals surface area (Å²) in [6.45, 7) is 5.75. The first-order valence-corrected chi connectivity index (χ1v) is 24.2. The number of halogens is 3. The summed E-state index contributed by atoms with van der Waals surface area (Å²) >= 11 is 2.74. The van der Waals surface area contributed by atoms with E-state index in [0.29, 0.717) is 56.3 Å². The zero-order valence-corrected chi connectivity index (χ0v) is 37.2. The Hall–Kier alpha value is -4.83. The summed E-state index contributed by atoms with van der Waals surface area (Å²) in [6.07, 6.45) is 1.18. The molecule has 0 bridgehead atoms. The van der Waals surface area contributed by atoms with Crippen molar-refractivity contribution in [2.75, 3.05) is 76.4 Å². The predicted octanol–water partition coefficient (Wildman–Crippen LogP) is 6.09. The van der Waals surface area contributed by atoms with Gasteiger partial charge in [0.25, 0.3) is 9.05 Å². The monoisotopic (exact) mass is 932 g/mol. The zero-order chi connectivity index (χ0) is 43.4. The summed E-state index contributed by atoms with van der Waals surface area (Å²) in [6, 6.07) is 25.3. The minimum absolute atomic E-state index is 0.0449. The number of nitrogens with one attached hydrogen (secondary N) is 1. The van der Waals surface area contributed by atoms with Gasteiger partial charge >= 0.3 is 0 Å². The highest BCUT2D eigenvalue weighted by molar-refractivity contribution is 8.13. The first-order chi connectivity index (χ1) is 29.3. The first-order valence-electron chi connectivity index (χ1n) is 18.9. The van der Waals surface area contributed by atoms with Gasteiger partial charge < -0.3 is 24.6 Å². The van der Waals surface area contributed by atoms with Gasteiger partial charge in [-0.3, -0.25) is 0 Å². The van der Waals surface area contributed by atoms with E-state index in [9.17, 15) is 25.6 Å². The standard InChI is InChI=1S/C20H21FN4O3S2.C13H15FN4S.C7H7ClO3S/c1-28-17-3-2-4-18(14-17)30(26,27)25-11-9-24(10-12-25)20-22-19(23-29-20)13-15-5-7-16(21)8-6-15;14-11-3-1-10(2-4-11)9-12-16-13(19-17-12)18-7-5-15-6-8-18;1-11-6-3-2-4-7(5-6)12(8,9)10/h2-8,14H,9-13H2,1H3;1-4,15H,5-9H2;2-5H,1H3. The number of rotatable bonds is 11. The maximum atomic E-state index is 13.0. The van der Waals surface area contributed by atoms with Crippen molar-refractivity contribution in [3.8, 4) is 11.5 Å². The molecule has 0 radical (unpaired) electrons. The van der Waals surface area contributed by atoms with Gasteiger partial charge in [-0.05, 0) is 59.7 Å². The normalized spacial score (nSPS) is 14.6. The summed E-state index contributed by atoms with van der Waals surface area (Å²) in [5.74, 6) is 1.98. The predicted molar refractivity (Wildman–Crippen MR) is 233 cm³/mol. The van der Waals surface area contributed by atoms with Crippen LogP contribution in [0.15, 0.2) is 107 Å². The Morgan fingerprint density at radius 2 is 1.08 bits per heavy atom. The van der Waals surface area contributed by atoms with Crippen LogP contribution in [0.5, 0.6) is 11.5 Å². The van der Waals surface area contributed by atoms with Crippen LogP contribution in [-0.2, 0) is 31.9 Å². The molecule has 61 heavy (non-hydrogen) atoms. The Kier molecular flexibility index (Phi) is 16.0. The van der Waals surface area contributed by atoms with Crippen LogP contribution >= 0.6 is 33.7 Å². The van der Waals surface area contributed by atoms with Gasteiger partial charge in [0, 0.05) is 111 Å². The number of methoxy groups -OCH3 is 2. The van der Waals surface area contributed by atoms with E-state index in [1.165, 1.54) is 84.1 Å². The molecule has 2 aliphatic rings. The summed E-state index contributed by atoms with van der Waals surface area (Å²) < 4.78 is 93.6. The van der Waals surface area contributed by atoms with E-state index in [1.807, 2.05) is 4.90 Å². The van der Waals surface area contributed by atoms with E-state index in [2.05, 4.69) is 28.9 Å². The fourth-order valence-corrected chi connectivity index (χ4v) is 9.82. The van der Waals surface area contributed by atoms with E-state index in [1.54, 1.807) is 54.6 Å². The molecule has 0 atom stereocenters. The van der Waals surface area contributed by atoms with Crippen LogP contribution < -0.4 is 24.6 Å². The van der Waals surface area contributed by atoms with Crippen molar-refractivity contribution in [3.05, 3.63) is 131 Å². The van der Waals surface area contributed by atoms with Crippen molar-refractivity contribution in [2.24, 2.45) is 0 Å². The highest BCUT2D eigenvalue weighted by Crippen LogP contribution is 2.26. The maximum absolute atomic E-state index is 13.0. The average Bonchev–Trinajstić information content (AvgIpc) is 3.96. The van der Waals surface area contributed by atoms with Crippen LogP contribution in [-0.4, -0.2) is 106 Å². The summed E-state index contributed by atoms with van der Waals surface area (Å²) in [5, 5.41) is 5.07. The van der Waals surface area contributed by atoms with Crippen molar-refractivity contribution in [3.63, 3.8) is 0 Å². The van der Waals surface area contributed by atoms with E-state index in [-0.39, 0.29) is 21.4 Å². The van der Waals surface area contributed by atoms with Crippen LogP contribution in [0.4, 0.5) is 19.0 Å². The Labute approximate surface area is 366 Å². The molecule has 2 aromatic heterocycles. The molecule has 0 saturated carbocycles. The Morgan fingerprint density at radius 3 is 1.54 bits per heavy atom. The topological polar surface area (TPSA) is 160 Å². The van der Waals surface area contributed by atoms with Gasteiger partial charge in [-0.25, -0.2) is 35.6 Å². The molecular weight excluding hydrogens is 890 g/mol. The molecule has 324 valence electrons. The molecule has 8 rings (SSSR count). The van der Waals surface area contributed by atoms with Gasteiger partial charge in [-0.15, -0.1) is 0 Å². The van der Waals surface area contributed by atoms with Crippen LogP contribution in [0.1, 0.15) is 22.8 Å². The third-order valence-electron chi connectivity index (χ3n) is 9.36. The van der Waals surface area contributed by atoms with Crippen LogP contribution in [0, 0.1) is 11.6 Å². The van der Waals surface area contributed by atoms with E-state index in [0.717, 1.165) is 53.4 Å². The van der Waals surface area contributed by atoms with Gasteiger partial charge in [0.2, 0.25) is 20.3 Å². The third-order valence-corrected chi connectivity index (χ3v) is 14.2. The molecule has 2 aliphatic heterocycles. The number of benzene rings is 4. The van der Waals surface area contributed by atoms with Crippen molar-refractivity contribution in [1.29, 1.82) is 0 Å². The molecule has 1 N–H and O–H groups in total. The smallest absolute Gasteiger partial charge is 0.261 e. The summed E-state index contributed by atoms with van der Waals surface area (Å²) in [4.78, 5) is 13.7. The molecule has 6 aromatic rings. The molecule has 0 spiro atoms. The lowest BCUT2D eigenvalue weighted by atomic mass is 10.1. The minimum atomic E-state index is -3.64. The van der Waals surface area contributed by atoms with Crippen molar-refractivity contribution in [1.82, 2.24) is 28.3 Å². The van der Waals surface area contributed by atoms with Gasteiger partial charge in [0.15, 0.2) is 0 Å². The second-order valence-electron chi connectivity index (χ2n) is 13.5. The largest absolute Gasteiger partial charge is 0.497 e. The van der Waals surface area contributed by atoms with E-state index >= 15 is 0 Å². The zero-order valence-electron chi connectivity index (χ0n) is 33.2. The van der Waals surface area contributed by atoms with Gasteiger partial charge in [0.1, 0.15) is 34.8 Å². The molecule has 0 aliphatic carbocycles. The van der Waals surface area contributed by atoms with Crippen molar-refractivity contribution >= 4 is 63.1 Å². The third kappa shape index (κ3) is 13.1. The van der Waals surface area contributed by atoms with Gasteiger partial charge in [-0.1, -0.05) is 36.4 Å². The Morgan fingerprint density at radius 1 is 0.639 bits per heavy atom. The van der Waals surface area contributed by atoms with Gasteiger partial charge in [0.05, 0.1) is 24.0 Å². The molecule has 2 saturated heterocycles. The number of hydrogen-bond acceptors (Lipinski definition) is 15. The van der Waals surface area contributed by atoms with Crippen LogP contribution in [0.25, 0.3) is 0 Å². The number of piperazine rings is 2. The number of nitrogens with zero attached hydrogens (tertiary/aromatic N) is 7. The minimum Gasteiger partial charge on any atom is -0.497 e. The fourth-order valence-electron chi connectivity index (χ4n) is 6.10. The number of sulfonamides is 1.